The third kappa shape index (κ3) is 2.99. The van der Waals surface area contributed by atoms with E-state index in [9.17, 15) is 18.0 Å². The zero-order valence-electron chi connectivity index (χ0n) is 9.60. The average Bonchev–Trinajstić information content (AvgIpc) is 2.21. The van der Waals surface area contributed by atoms with Crippen LogP contribution in [0.4, 0.5) is 18.9 Å². The number of nitrogens with zero attached hydrogens (tertiary/aromatic N) is 1. The summed E-state index contributed by atoms with van der Waals surface area (Å²) in [4.78, 5) is 15.3. The number of carbonyl (C=O) groups excluding carboxylic acids is 1. The van der Waals surface area contributed by atoms with Gasteiger partial charge in [-0.3, -0.25) is 4.79 Å². The molecular weight excluding hydrogens is 315 g/mol. The van der Waals surface area contributed by atoms with Crippen molar-refractivity contribution in [2.75, 3.05) is 5.32 Å². The maximum Gasteiger partial charge on any atom is 0.415 e. The molecule has 18 heavy (non-hydrogen) atoms. The van der Waals surface area contributed by atoms with Gasteiger partial charge in [-0.2, -0.15) is 13.2 Å². The highest BCUT2D eigenvalue weighted by molar-refractivity contribution is 9.10. The molecule has 0 aliphatic heterocycles. The number of hydrogen-bond acceptors (Lipinski definition) is 3. The lowest BCUT2D eigenvalue weighted by atomic mass is 10.0. The number of aryl methyl sites for hydroxylation is 1. The van der Waals surface area contributed by atoms with Gasteiger partial charge in [0.15, 0.2) is 5.54 Å². The lowest BCUT2D eigenvalue weighted by molar-refractivity contribution is -0.184. The van der Waals surface area contributed by atoms with Crippen LogP contribution in [0.15, 0.2) is 16.9 Å². The fraction of sp³-hybridized carbons (Fsp3) is 0.400. The SMILES string of the molecule is Cc1cc(NC(=O)C(C)(N)C(F)(F)F)cnc1Br. The van der Waals surface area contributed by atoms with Gasteiger partial charge in [0, 0.05) is 0 Å². The molecule has 1 rings (SSSR count). The van der Waals surface area contributed by atoms with Gasteiger partial charge in [-0.25, -0.2) is 4.98 Å². The highest BCUT2D eigenvalue weighted by Crippen LogP contribution is 2.29. The Kier molecular flexibility index (Phi) is 4.02. The summed E-state index contributed by atoms with van der Waals surface area (Å²) in [6.07, 6.45) is -3.59. The Labute approximate surface area is 110 Å². The molecule has 4 nitrogen and oxygen atoms in total. The van der Waals surface area contributed by atoms with E-state index in [-0.39, 0.29) is 5.69 Å². The van der Waals surface area contributed by atoms with E-state index in [0.717, 1.165) is 0 Å². The maximum absolute atomic E-state index is 12.5. The second kappa shape index (κ2) is 4.85. The number of hydrogen-bond donors (Lipinski definition) is 2. The normalized spacial score (nSPS) is 15.1. The molecule has 0 saturated heterocycles. The van der Waals surface area contributed by atoms with Crippen LogP contribution in [0.5, 0.6) is 0 Å². The van der Waals surface area contributed by atoms with E-state index in [1.165, 1.54) is 12.3 Å². The van der Waals surface area contributed by atoms with E-state index >= 15 is 0 Å². The predicted octanol–water partition coefficient (Wildman–Crippen LogP) is 2.37. The molecule has 1 heterocycles. The molecule has 1 aromatic heterocycles. The van der Waals surface area contributed by atoms with Gasteiger partial charge >= 0.3 is 6.18 Å². The molecular formula is C10H11BrF3N3O. The first-order valence-electron chi connectivity index (χ1n) is 4.85. The number of nitrogens with one attached hydrogen (secondary N) is 1. The van der Waals surface area contributed by atoms with Gasteiger partial charge < -0.3 is 11.1 Å². The number of anilines is 1. The Morgan fingerprint density at radius 2 is 2.06 bits per heavy atom. The Hall–Kier alpha value is -1.15. The number of carbonyl (C=O) groups is 1. The second-order valence-electron chi connectivity index (χ2n) is 3.99. The fourth-order valence-electron chi connectivity index (χ4n) is 1.02. The Morgan fingerprint density at radius 3 is 2.50 bits per heavy atom. The summed E-state index contributed by atoms with van der Waals surface area (Å²) < 4.78 is 38.1. The molecule has 1 atom stereocenters. The van der Waals surface area contributed by atoms with Gasteiger partial charge in [-0.15, -0.1) is 0 Å². The molecule has 1 amide bonds. The quantitative estimate of drug-likeness (QED) is 0.820. The average molecular weight is 326 g/mol. The summed E-state index contributed by atoms with van der Waals surface area (Å²) >= 11 is 3.14. The maximum atomic E-state index is 12.5. The van der Waals surface area contributed by atoms with Crippen molar-refractivity contribution < 1.29 is 18.0 Å². The van der Waals surface area contributed by atoms with Crippen LogP contribution < -0.4 is 11.1 Å². The number of alkyl halides is 3. The molecule has 0 radical (unpaired) electrons. The summed E-state index contributed by atoms with van der Waals surface area (Å²) in [5.41, 5.74) is 2.87. The Balaban J connectivity index is 2.91. The van der Waals surface area contributed by atoms with Gasteiger partial charge in [0.1, 0.15) is 4.60 Å². The minimum absolute atomic E-state index is 0.154. The molecule has 1 unspecified atom stereocenters. The smallest absolute Gasteiger partial charge is 0.323 e. The van der Waals surface area contributed by atoms with E-state index in [1.54, 1.807) is 6.92 Å². The lowest BCUT2D eigenvalue weighted by Gasteiger charge is -2.26. The first-order valence-corrected chi connectivity index (χ1v) is 5.64. The predicted molar refractivity (Wildman–Crippen MR) is 64.0 cm³/mol. The summed E-state index contributed by atoms with van der Waals surface area (Å²) in [6.45, 7) is 2.31. The number of amides is 1. The number of pyridine rings is 1. The van der Waals surface area contributed by atoms with Crippen molar-refractivity contribution in [1.29, 1.82) is 0 Å². The molecule has 0 aliphatic rings. The van der Waals surface area contributed by atoms with Gasteiger partial charge in [-0.1, -0.05) is 0 Å². The van der Waals surface area contributed by atoms with Crippen LogP contribution in [-0.2, 0) is 4.79 Å². The summed E-state index contributed by atoms with van der Waals surface area (Å²) in [5, 5.41) is 2.09. The Morgan fingerprint density at radius 1 is 1.50 bits per heavy atom. The van der Waals surface area contributed by atoms with E-state index < -0.39 is 17.6 Å². The van der Waals surface area contributed by atoms with Gasteiger partial charge in [-0.05, 0) is 41.4 Å². The van der Waals surface area contributed by atoms with Crippen LogP contribution in [0, 0.1) is 6.92 Å². The van der Waals surface area contributed by atoms with E-state index in [4.69, 9.17) is 5.73 Å². The van der Waals surface area contributed by atoms with Crippen molar-refractivity contribution in [3.8, 4) is 0 Å². The topological polar surface area (TPSA) is 68.0 Å². The third-order valence-electron chi connectivity index (χ3n) is 2.33. The molecule has 0 aliphatic carbocycles. The van der Waals surface area contributed by atoms with Crippen LogP contribution in [0.2, 0.25) is 0 Å². The molecule has 3 N–H and O–H groups in total. The summed E-state index contributed by atoms with van der Waals surface area (Å²) in [7, 11) is 0. The molecule has 0 aromatic carbocycles. The lowest BCUT2D eigenvalue weighted by Crippen LogP contribution is -2.59. The summed E-state index contributed by atoms with van der Waals surface area (Å²) in [5.74, 6) is -1.33. The van der Waals surface area contributed by atoms with Gasteiger partial charge in [0.25, 0.3) is 5.91 Å². The number of halogens is 4. The standard InChI is InChI=1S/C10H11BrF3N3O/c1-5-3-6(4-16-7(5)11)17-8(18)9(2,15)10(12,13)14/h3-4H,15H2,1-2H3,(H,17,18). The van der Waals surface area contributed by atoms with Crippen LogP contribution in [0.1, 0.15) is 12.5 Å². The van der Waals surface area contributed by atoms with Crippen LogP contribution >= 0.6 is 15.9 Å². The van der Waals surface area contributed by atoms with E-state index in [0.29, 0.717) is 17.1 Å². The Bertz CT molecular complexity index is 474. The molecule has 100 valence electrons. The fourth-order valence-corrected chi connectivity index (χ4v) is 1.23. The van der Waals surface area contributed by atoms with Crippen molar-refractivity contribution in [3.05, 3.63) is 22.4 Å². The molecule has 1 aromatic rings. The number of rotatable bonds is 2. The van der Waals surface area contributed by atoms with Crippen LogP contribution in [-0.4, -0.2) is 22.6 Å². The van der Waals surface area contributed by atoms with Crippen LogP contribution in [0.3, 0.4) is 0 Å². The minimum Gasteiger partial charge on any atom is -0.323 e. The van der Waals surface area contributed by atoms with Gasteiger partial charge in [0.05, 0.1) is 11.9 Å². The molecule has 0 fully saturated rings. The van der Waals surface area contributed by atoms with Gasteiger partial charge in [0.2, 0.25) is 0 Å². The third-order valence-corrected chi connectivity index (χ3v) is 3.16. The van der Waals surface area contributed by atoms with Crippen molar-refractivity contribution in [2.45, 2.75) is 25.6 Å². The largest absolute Gasteiger partial charge is 0.415 e. The zero-order chi connectivity index (χ0) is 14.1. The monoisotopic (exact) mass is 325 g/mol. The van der Waals surface area contributed by atoms with E-state index in [2.05, 4.69) is 26.2 Å². The van der Waals surface area contributed by atoms with Crippen molar-refractivity contribution in [1.82, 2.24) is 4.98 Å². The minimum atomic E-state index is -4.82. The zero-order valence-corrected chi connectivity index (χ0v) is 11.2. The van der Waals surface area contributed by atoms with E-state index in [1.807, 2.05) is 0 Å². The molecule has 0 spiro atoms. The molecule has 8 heteroatoms. The molecule has 0 bridgehead atoms. The first-order chi connectivity index (χ1) is 8.05. The van der Waals surface area contributed by atoms with Crippen molar-refractivity contribution in [3.63, 3.8) is 0 Å². The number of aromatic nitrogens is 1. The molecule has 0 saturated carbocycles. The van der Waals surface area contributed by atoms with Crippen LogP contribution in [0.25, 0.3) is 0 Å². The van der Waals surface area contributed by atoms with Crippen molar-refractivity contribution in [2.24, 2.45) is 5.73 Å². The highest BCUT2D eigenvalue weighted by atomic mass is 79.9. The summed E-state index contributed by atoms with van der Waals surface area (Å²) in [6, 6.07) is 1.49. The number of nitrogens with two attached hydrogens (primary N) is 1. The van der Waals surface area contributed by atoms with Crippen molar-refractivity contribution >= 4 is 27.5 Å². The highest BCUT2D eigenvalue weighted by Gasteiger charge is 2.53. The second-order valence-corrected chi connectivity index (χ2v) is 4.74. The first kappa shape index (κ1) is 14.9.